The van der Waals surface area contributed by atoms with Gasteiger partial charge < -0.3 is 9.80 Å². The smallest absolute Gasteiger partial charge is 0.0476 e. The first-order chi connectivity index (χ1) is 37.4. The molecule has 0 atom stereocenters. The van der Waals surface area contributed by atoms with Crippen LogP contribution in [-0.2, 0) is 27.1 Å². The summed E-state index contributed by atoms with van der Waals surface area (Å²) in [6, 6.07) is 76.8. The van der Waals surface area contributed by atoms with E-state index in [0.29, 0.717) is 0 Å². The average Bonchev–Trinajstić information content (AvgIpc) is 4.31. The summed E-state index contributed by atoms with van der Waals surface area (Å²) >= 11 is 4.29. The Balaban J connectivity index is 0.886. The molecular formula is C75H63BrN2. The van der Waals surface area contributed by atoms with E-state index in [1.165, 1.54) is 111 Å². The van der Waals surface area contributed by atoms with Gasteiger partial charge in [-0.2, -0.15) is 0 Å². The van der Waals surface area contributed by atoms with Gasteiger partial charge in [-0.3, -0.25) is 0 Å². The van der Waals surface area contributed by atoms with Gasteiger partial charge in [-0.25, -0.2) is 0 Å². The van der Waals surface area contributed by atoms with Crippen molar-refractivity contribution in [2.45, 2.75) is 96.3 Å². The molecule has 0 amide bonds. The number of rotatable bonds is 6. The zero-order valence-electron chi connectivity index (χ0n) is 46.3. The molecule has 0 bridgehead atoms. The summed E-state index contributed by atoms with van der Waals surface area (Å²) < 4.78 is 1.10. The number of hydrogen-bond donors (Lipinski definition) is 0. The van der Waals surface area contributed by atoms with E-state index in [0.717, 1.165) is 38.6 Å². The topological polar surface area (TPSA) is 6.48 Å². The first-order valence-corrected chi connectivity index (χ1v) is 28.7. The maximum atomic E-state index is 4.29. The lowest BCUT2D eigenvalue weighted by molar-refractivity contribution is 0.659. The second-order valence-corrected chi connectivity index (χ2v) is 26.3. The van der Waals surface area contributed by atoms with Crippen molar-refractivity contribution < 1.29 is 0 Å². The van der Waals surface area contributed by atoms with E-state index < -0.39 is 0 Å². The van der Waals surface area contributed by atoms with E-state index >= 15 is 0 Å². The van der Waals surface area contributed by atoms with Gasteiger partial charge in [0.2, 0.25) is 0 Å². The minimum Gasteiger partial charge on any atom is -0.310 e. The summed E-state index contributed by atoms with van der Waals surface area (Å²) in [5.74, 6) is 0. The van der Waals surface area contributed by atoms with Crippen molar-refractivity contribution in [3.63, 3.8) is 0 Å². The van der Waals surface area contributed by atoms with Crippen LogP contribution >= 0.6 is 15.9 Å². The molecule has 0 unspecified atom stereocenters. The number of benzene rings is 10. The Kier molecular flexibility index (Phi) is 9.71. The van der Waals surface area contributed by atoms with Crippen LogP contribution in [0.5, 0.6) is 0 Å². The van der Waals surface area contributed by atoms with Gasteiger partial charge >= 0.3 is 0 Å². The van der Waals surface area contributed by atoms with E-state index in [4.69, 9.17) is 0 Å². The molecule has 2 nitrogen and oxygen atoms in total. The van der Waals surface area contributed by atoms with Gasteiger partial charge in [-0.05, 0) is 179 Å². The van der Waals surface area contributed by atoms with Gasteiger partial charge in [0.25, 0.3) is 0 Å². The van der Waals surface area contributed by atoms with Crippen molar-refractivity contribution in [2.75, 3.05) is 9.80 Å². The summed E-state index contributed by atoms with van der Waals surface area (Å²) in [6.45, 7) is 24.0. The lowest BCUT2D eigenvalue weighted by atomic mass is 9.81. The second kappa shape index (κ2) is 16.0. The van der Waals surface area contributed by atoms with Crippen LogP contribution < -0.4 is 9.80 Å². The molecule has 0 N–H and O–H groups in total. The number of anilines is 6. The quantitative estimate of drug-likeness (QED) is 0.164. The Morgan fingerprint density at radius 2 is 0.462 bits per heavy atom. The largest absolute Gasteiger partial charge is 0.310 e. The maximum Gasteiger partial charge on any atom is 0.0476 e. The SMILES string of the molecule is CC1(C)c2ccccc2-c2ccc(N(c3ccc4c(c3)C(C)(C)c3ccccc3-4)c3ccc4c(c3)C(C)(C)c3cc(N(c5ccc6c(c5)C(C)(C)c5ccccc5-6)c5ccc6c(c5)C(C)(C)c5ccccc5-6)cc(Br)c3-4)cc21. The molecule has 380 valence electrons. The molecule has 0 radical (unpaired) electrons. The number of fused-ring (bicyclic) bond motifs is 15. The third-order valence-electron chi connectivity index (χ3n) is 19.5. The average molecular weight is 1070 g/mol. The molecule has 0 aliphatic heterocycles. The number of hydrogen-bond acceptors (Lipinski definition) is 2. The lowest BCUT2D eigenvalue weighted by Crippen LogP contribution is -2.19. The number of halogens is 1. The van der Waals surface area contributed by atoms with Gasteiger partial charge in [0.15, 0.2) is 0 Å². The molecule has 10 aromatic rings. The second-order valence-electron chi connectivity index (χ2n) is 25.5. The third kappa shape index (κ3) is 6.31. The Labute approximate surface area is 469 Å². The fraction of sp³-hybridized carbons (Fsp3) is 0.200. The normalized spacial score (nSPS) is 16.7. The molecule has 5 aliphatic rings. The van der Waals surface area contributed by atoms with Crippen molar-refractivity contribution in [1.29, 1.82) is 0 Å². The van der Waals surface area contributed by atoms with Crippen LogP contribution in [0.1, 0.15) is 125 Å². The van der Waals surface area contributed by atoms with Crippen LogP contribution in [0, 0.1) is 0 Å². The molecule has 0 aromatic heterocycles. The first kappa shape index (κ1) is 47.5. The van der Waals surface area contributed by atoms with E-state index in [1.807, 2.05) is 0 Å². The highest BCUT2D eigenvalue weighted by Gasteiger charge is 2.43. The van der Waals surface area contributed by atoms with Crippen LogP contribution in [0.2, 0.25) is 0 Å². The van der Waals surface area contributed by atoms with Gasteiger partial charge in [-0.1, -0.05) is 213 Å². The Bertz CT molecular complexity index is 4060. The Morgan fingerprint density at radius 3 is 0.782 bits per heavy atom. The fourth-order valence-electron chi connectivity index (χ4n) is 15.3. The summed E-state index contributed by atoms with van der Waals surface area (Å²) in [4.78, 5) is 5.05. The highest BCUT2D eigenvalue weighted by Crippen LogP contribution is 2.59. The maximum absolute atomic E-state index is 4.29. The zero-order valence-corrected chi connectivity index (χ0v) is 47.9. The van der Waals surface area contributed by atoms with Crippen LogP contribution in [0.15, 0.2) is 205 Å². The van der Waals surface area contributed by atoms with E-state index in [1.54, 1.807) is 0 Å². The summed E-state index contributed by atoms with van der Waals surface area (Å²) in [5.41, 5.74) is 32.8. The molecule has 78 heavy (non-hydrogen) atoms. The van der Waals surface area contributed by atoms with Gasteiger partial charge in [0.1, 0.15) is 0 Å². The molecule has 10 aromatic carbocycles. The van der Waals surface area contributed by atoms with Crippen LogP contribution in [-0.4, -0.2) is 0 Å². The molecule has 15 rings (SSSR count). The van der Waals surface area contributed by atoms with Gasteiger partial charge in [-0.15, -0.1) is 0 Å². The predicted molar refractivity (Wildman–Crippen MR) is 331 cm³/mol. The van der Waals surface area contributed by atoms with Crippen molar-refractivity contribution >= 4 is 50.1 Å². The molecule has 0 saturated carbocycles. The predicted octanol–water partition coefficient (Wildman–Crippen LogP) is 20.9. The third-order valence-corrected chi connectivity index (χ3v) is 20.1. The molecule has 3 heteroatoms. The summed E-state index contributed by atoms with van der Waals surface area (Å²) in [5, 5.41) is 0. The number of nitrogens with zero attached hydrogens (tertiary/aromatic N) is 2. The zero-order chi connectivity index (χ0) is 53.6. The highest BCUT2D eigenvalue weighted by molar-refractivity contribution is 9.10. The first-order valence-electron chi connectivity index (χ1n) is 27.9. The van der Waals surface area contributed by atoms with E-state index in [9.17, 15) is 0 Å². The molecule has 0 heterocycles. The van der Waals surface area contributed by atoms with Crippen molar-refractivity contribution in [3.05, 3.63) is 260 Å². The fourth-order valence-corrected chi connectivity index (χ4v) is 15.9. The molecule has 5 aliphatic carbocycles. The monoisotopic (exact) mass is 1070 g/mol. The molecule has 0 saturated heterocycles. The van der Waals surface area contributed by atoms with E-state index in [2.05, 4.69) is 295 Å². The molecule has 0 fully saturated rings. The molecule has 0 spiro atoms. The van der Waals surface area contributed by atoms with Crippen molar-refractivity contribution in [2.24, 2.45) is 0 Å². The van der Waals surface area contributed by atoms with Crippen LogP contribution in [0.4, 0.5) is 34.1 Å². The van der Waals surface area contributed by atoms with Crippen molar-refractivity contribution in [1.82, 2.24) is 0 Å². The van der Waals surface area contributed by atoms with Gasteiger partial charge in [0, 0.05) is 71.2 Å². The minimum atomic E-state index is -0.344. The van der Waals surface area contributed by atoms with Crippen LogP contribution in [0.3, 0.4) is 0 Å². The Morgan fingerprint density at radius 1 is 0.231 bits per heavy atom. The van der Waals surface area contributed by atoms with Gasteiger partial charge in [0.05, 0.1) is 0 Å². The minimum absolute atomic E-state index is 0.142. The summed E-state index contributed by atoms with van der Waals surface area (Å²) in [7, 11) is 0. The van der Waals surface area contributed by atoms with Crippen molar-refractivity contribution in [3.8, 4) is 55.6 Å². The highest BCUT2D eigenvalue weighted by atomic mass is 79.9. The summed E-state index contributed by atoms with van der Waals surface area (Å²) in [6.07, 6.45) is 0. The van der Waals surface area contributed by atoms with Crippen LogP contribution in [0.25, 0.3) is 55.6 Å². The Hall–Kier alpha value is -7.72. The van der Waals surface area contributed by atoms with E-state index in [-0.39, 0.29) is 27.1 Å². The lowest BCUT2D eigenvalue weighted by Gasteiger charge is -2.31. The standard InChI is InChI=1S/C75H63BrN2/c1-71(2)59-23-15-11-19-50(59)54-32-27-44(37-63(54)71)77(45-28-33-55-51-20-12-16-24-60(51)72(3,4)64(55)38-45)46-31-36-58-67(41-46)75(9,10)68-42-49(43-69(76)70(58)68)78(47-29-34-56-52-21-13-17-25-61(52)73(5,6)65(56)39-47)48-30-35-57-53-22-14-18-26-62(53)74(7,8)66(57)40-48/h11-43H,1-10H3. The molecular weight excluding hydrogens is 1010 g/mol.